The van der Waals surface area contributed by atoms with E-state index in [9.17, 15) is 0 Å². The standard InChI is InChI=1S/C26H23N2/c1-17-10-8-11-18(2)24(17)22-16-23(25-19(3)12-9-13-20(25)4)28-26(27-22)21-14-6-5-7-15-21/h6-16H,1-4H3. The second-order valence-electron chi connectivity index (χ2n) is 7.28. The van der Waals surface area contributed by atoms with Crippen molar-refractivity contribution in [1.82, 2.24) is 9.97 Å². The van der Waals surface area contributed by atoms with Crippen molar-refractivity contribution in [3.05, 3.63) is 95.1 Å². The largest absolute Gasteiger partial charge is 0.228 e. The number of benzene rings is 3. The van der Waals surface area contributed by atoms with Crippen LogP contribution >= 0.6 is 0 Å². The highest BCUT2D eigenvalue weighted by molar-refractivity contribution is 5.77. The SMILES string of the molecule is Cc1cccc(C)c1-c1cc(-c2c(C)cccc2C)nc(-c2cc[c]cc2)n1. The van der Waals surface area contributed by atoms with Crippen LogP contribution in [-0.2, 0) is 0 Å². The maximum Gasteiger partial charge on any atom is 0.160 e. The van der Waals surface area contributed by atoms with Crippen LogP contribution in [0.4, 0.5) is 0 Å². The van der Waals surface area contributed by atoms with Gasteiger partial charge in [0.25, 0.3) is 0 Å². The Balaban J connectivity index is 2.03. The molecule has 0 aliphatic heterocycles. The molecule has 28 heavy (non-hydrogen) atoms. The highest BCUT2D eigenvalue weighted by Crippen LogP contribution is 2.33. The fourth-order valence-corrected chi connectivity index (χ4v) is 3.81. The van der Waals surface area contributed by atoms with Crippen LogP contribution in [-0.4, -0.2) is 9.97 Å². The van der Waals surface area contributed by atoms with Crippen molar-refractivity contribution in [1.29, 1.82) is 0 Å². The summed E-state index contributed by atoms with van der Waals surface area (Å²) in [5.41, 5.74) is 10.2. The van der Waals surface area contributed by atoms with Gasteiger partial charge in [-0.05, 0) is 62.1 Å². The normalized spacial score (nSPS) is 10.9. The minimum Gasteiger partial charge on any atom is -0.228 e. The van der Waals surface area contributed by atoms with E-state index in [-0.39, 0.29) is 0 Å². The van der Waals surface area contributed by atoms with E-state index in [1.165, 1.54) is 33.4 Å². The van der Waals surface area contributed by atoms with E-state index in [1.54, 1.807) is 0 Å². The molecule has 4 aromatic rings. The van der Waals surface area contributed by atoms with E-state index in [0.717, 1.165) is 22.8 Å². The Morgan fingerprint density at radius 3 is 1.46 bits per heavy atom. The molecule has 1 aromatic heterocycles. The summed E-state index contributed by atoms with van der Waals surface area (Å²) in [7, 11) is 0. The second kappa shape index (κ2) is 7.40. The lowest BCUT2D eigenvalue weighted by molar-refractivity contribution is 1.16. The molecule has 0 amide bonds. The quantitative estimate of drug-likeness (QED) is 0.414. The Labute approximate surface area is 167 Å². The third-order valence-electron chi connectivity index (χ3n) is 5.18. The maximum atomic E-state index is 4.96. The van der Waals surface area contributed by atoms with Gasteiger partial charge in [0, 0.05) is 16.7 Å². The molecule has 0 fully saturated rings. The van der Waals surface area contributed by atoms with Gasteiger partial charge in [0.1, 0.15) is 0 Å². The van der Waals surface area contributed by atoms with Gasteiger partial charge in [-0.1, -0.05) is 60.7 Å². The summed E-state index contributed by atoms with van der Waals surface area (Å²) >= 11 is 0. The first-order valence-electron chi connectivity index (χ1n) is 9.53. The Kier molecular flexibility index (Phi) is 4.79. The first kappa shape index (κ1) is 18.1. The number of nitrogens with zero attached hydrogens (tertiary/aromatic N) is 2. The molecule has 0 saturated carbocycles. The van der Waals surface area contributed by atoms with Crippen LogP contribution in [0.3, 0.4) is 0 Å². The van der Waals surface area contributed by atoms with Gasteiger partial charge < -0.3 is 0 Å². The summed E-state index contributed by atoms with van der Waals surface area (Å²) in [6.07, 6.45) is 0. The van der Waals surface area contributed by atoms with Gasteiger partial charge in [0.15, 0.2) is 5.82 Å². The van der Waals surface area contributed by atoms with Crippen molar-refractivity contribution < 1.29 is 0 Å². The smallest absolute Gasteiger partial charge is 0.160 e. The highest BCUT2D eigenvalue weighted by Gasteiger charge is 2.15. The zero-order valence-electron chi connectivity index (χ0n) is 16.7. The summed E-state index contributed by atoms with van der Waals surface area (Å²) < 4.78 is 0. The first-order valence-corrected chi connectivity index (χ1v) is 9.53. The molecule has 3 aromatic carbocycles. The van der Waals surface area contributed by atoms with Gasteiger partial charge in [-0.2, -0.15) is 0 Å². The fourth-order valence-electron chi connectivity index (χ4n) is 3.81. The number of rotatable bonds is 3. The molecule has 0 N–H and O–H groups in total. The molecule has 2 heteroatoms. The van der Waals surface area contributed by atoms with Crippen molar-refractivity contribution >= 4 is 0 Å². The average molecular weight is 363 g/mol. The fraction of sp³-hybridized carbons (Fsp3) is 0.154. The van der Waals surface area contributed by atoms with E-state index in [0.29, 0.717) is 0 Å². The van der Waals surface area contributed by atoms with E-state index in [2.05, 4.69) is 76.2 Å². The van der Waals surface area contributed by atoms with Crippen LogP contribution in [0.5, 0.6) is 0 Å². The topological polar surface area (TPSA) is 25.8 Å². The Bertz CT molecular complexity index is 1030. The predicted molar refractivity (Wildman–Crippen MR) is 116 cm³/mol. The summed E-state index contributed by atoms with van der Waals surface area (Å²) in [5, 5.41) is 0. The molecule has 2 nitrogen and oxygen atoms in total. The van der Waals surface area contributed by atoms with Crippen LogP contribution in [0.2, 0.25) is 0 Å². The summed E-state index contributed by atoms with van der Waals surface area (Å²) in [4.78, 5) is 9.91. The lowest BCUT2D eigenvalue weighted by Gasteiger charge is -2.15. The highest BCUT2D eigenvalue weighted by atomic mass is 14.9. The van der Waals surface area contributed by atoms with Crippen LogP contribution in [0.25, 0.3) is 33.9 Å². The summed E-state index contributed by atoms with van der Waals surface area (Å²) in [5.74, 6) is 0.742. The third kappa shape index (κ3) is 3.34. The molecule has 0 aliphatic carbocycles. The number of aromatic nitrogens is 2. The first-order chi connectivity index (χ1) is 13.5. The van der Waals surface area contributed by atoms with Crippen LogP contribution in [0, 0.1) is 33.8 Å². The molecule has 137 valence electrons. The Morgan fingerprint density at radius 2 is 1.04 bits per heavy atom. The molecule has 1 radical (unpaired) electrons. The summed E-state index contributed by atoms with van der Waals surface area (Å²) in [6, 6.07) is 25.8. The molecule has 0 aliphatic rings. The molecule has 0 unspecified atom stereocenters. The molecule has 0 saturated heterocycles. The molecular weight excluding hydrogens is 340 g/mol. The average Bonchev–Trinajstić information content (AvgIpc) is 2.68. The van der Waals surface area contributed by atoms with Gasteiger partial charge >= 0.3 is 0 Å². The molecule has 0 spiro atoms. The van der Waals surface area contributed by atoms with E-state index in [4.69, 9.17) is 9.97 Å². The van der Waals surface area contributed by atoms with Crippen molar-refractivity contribution in [2.24, 2.45) is 0 Å². The Hall–Kier alpha value is -3.26. The lowest BCUT2D eigenvalue weighted by Crippen LogP contribution is -1.99. The summed E-state index contributed by atoms with van der Waals surface area (Å²) in [6.45, 7) is 8.56. The number of aryl methyl sites for hydroxylation is 4. The van der Waals surface area contributed by atoms with Gasteiger partial charge in [0.05, 0.1) is 11.4 Å². The van der Waals surface area contributed by atoms with Crippen LogP contribution in [0.1, 0.15) is 22.3 Å². The van der Waals surface area contributed by atoms with E-state index >= 15 is 0 Å². The Morgan fingerprint density at radius 1 is 0.607 bits per heavy atom. The van der Waals surface area contributed by atoms with Gasteiger partial charge in [-0.3, -0.25) is 0 Å². The molecule has 4 rings (SSSR count). The maximum absolute atomic E-state index is 4.96. The predicted octanol–water partition coefficient (Wildman–Crippen LogP) is 6.51. The van der Waals surface area contributed by atoms with Crippen molar-refractivity contribution in [2.45, 2.75) is 27.7 Å². The van der Waals surface area contributed by atoms with E-state index in [1.807, 2.05) is 24.3 Å². The number of hydrogen-bond acceptors (Lipinski definition) is 2. The van der Waals surface area contributed by atoms with Crippen molar-refractivity contribution in [3.8, 4) is 33.9 Å². The number of hydrogen-bond donors (Lipinski definition) is 0. The minimum absolute atomic E-state index is 0.742. The van der Waals surface area contributed by atoms with Gasteiger partial charge in [-0.15, -0.1) is 0 Å². The molecule has 0 atom stereocenters. The molecule has 0 bridgehead atoms. The zero-order chi connectivity index (χ0) is 19.7. The molecule has 1 heterocycles. The monoisotopic (exact) mass is 363 g/mol. The zero-order valence-corrected chi connectivity index (χ0v) is 16.7. The lowest BCUT2D eigenvalue weighted by atomic mass is 9.95. The van der Waals surface area contributed by atoms with E-state index < -0.39 is 0 Å². The van der Waals surface area contributed by atoms with Crippen LogP contribution in [0.15, 0.2) is 66.7 Å². The minimum atomic E-state index is 0.742. The molecular formula is C26H23N2. The van der Waals surface area contributed by atoms with Crippen LogP contribution < -0.4 is 0 Å². The second-order valence-corrected chi connectivity index (χ2v) is 7.28. The van der Waals surface area contributed by atoms with Crippen molar-refractivity contribution in [2.75, 3.05) is 0 Å². The van der Waals surface area contributed by atoms with Crippen molar-refractivity contribution in [3.63, 3.8) is 0 Å². The van der Waals surface area contributed by atoms with Gasteiger partial charge in [-0.25, -0.2) is 9.97 Å². The van der Waals surface area contributed by atoms with Gasteiger partial charge in [0.2, 0.25) is 0 Å². The third-order valence-corrected chi connectivity index (χ3v) is 5.18.